The predicted octanol–water partition coefficient (Wildman–Crippen LogP) is 3.11. The minimum Gasteiger partial charge on any atom is -0.294 e. The van der Waals surface area contributed by atoms with Gasteiger partial charge in [-0.25, -0.2) is 15.0 Å². The lowest BCUT2D eigenvalue weighted by Gasteiger charge is -2.28. The molecule has 0 aromatic carbocycles. The topological polar surface area (TPSA) is 41.9 Å². The third kappa shape index (κ3) is 3.36. The molecule has 0 fully saturated rings. The van der Waals surface area contributed by atoms with Gasteiger partial charge in [-0.2, -0.15) is 0 Å². The van der Waals surface area contributed by atoms with Crippen molar-refractivity contribution in [3.05, 3.63) is 46.0 Å². The van der Waals surface area contributed by atoms with Crippen molar-refractivity contribution < 1.29 is 0 Å². The Labute approximate surface area is 134 Å². The monoisotopic (exact) mass is 320 g/mol. The number of aromatic nitrogens is 3. The molecule has 0 saturated carbocycles. The summed E-state index contributed by atoms with van der Waals surface area (Å²) in [5.41, 5.74) is 4.42. The van der Waals surface area contributed by atoms with Crippen molar-refractivity contribution in [3.8, 4) is 0 Å². The van der Waals surface area contributed by atoms with E-state index >= 15 is 0 Å². The fraction of sp³-hybridized carbons (Fsp3) is 0.400. The second kappa shape index (κ2) is 6.30. The Kier molecular flexibility index (Phi) is 4.42. The van der Waals surface area contributed by atoms with Crippen molar-refractivity contribution in [1.82, 2.24) is 19.9 Å². The summed E-state index contributed by atoms with van der Waals surface area (Å²) in [6.45, 7) is 4.62. The van der Waals surface area contributed by atoms with Crippen LogP contribution in [0, 0.1) is 6.92 Å². The molecule has 3 rings (SSSR count). The molecule has 4 nitrogen and oxygen atoms in total. The van der Waals surface area contributed by atoms with E-state index in [0.29, 0.717) is 5.15 Å². The van der Waals surface area contributed by atoms with Gasteiger partial charge in [0.05, 0.1) is 5.69 Å². The Bertz CT molecular complexity index is 662. The molecular formula is C15H17ClN4S. The number of rotatable bonds is 3. The summed E-state index contributed by atoms with van der Waals surface area (Å²) in [4.78, 5) is 15.6. The second-order valence-corrected chi connectivity index (χ2v) is 6.32. The van der Waals surface area contributed by atoms with Crippen molar-refractivity contribution in [3.63, 3.8) is 0 Å². The lowest BCUT2D eigenvalue weighted by atomic mass is 10.1. The zero-order valence-electron chi connectivity index (χ0n) is 12.1. The van der Waals surface area contributed by atoms with Gasteiger partial charge in [0.2, 0.25) is 0 Å². The third-order valence-corrected chi connectivity index (χ3v) is 4.52. The van der Waals surface area contributed by atoms with Gasteiger partial charge in [0.25, 0.3) is 0 Å². The molecule has 3 heterocycles. The Hall–Kier alpha value is -1.17. The van der Waals surface area contributed by atoms with Crippen molar-refractivity contribution in [2.45, 2.75) is 31.6 Å². The third-order valence-electron chi connectivity index (χ3n) is 3.63. The summed E-state index contributed by atoms with van der Waals surface area (Å²) < 4.78 is 0. The van der Waals surface area contributed by atoms with Gasteiger partial charge >= 0.3 is 0 Å². The van der Waals surface area contributed by atoms with E-state index in [0.717, 1.165) is 42.5 Å². The Morgan fingerprint density at radius 3 is 2.95 bits per heavy atom. The molecule has 0 bridgehead atoms. The SMILES string of the molecule is CSc1ncc2c(n1)CCN(Cc1ccc(C)nc1Cl)C2. The molecule has 0 spiro atoms. The molecule has 0 unspecified atom stereocenters. The molecule has 110 valence electrons. The van der Waals surface area contributed by atoms with Crippen LogP contribution in [0.15, 0.2) is 23.5 Å². The molecule has 0 N–H and O–H groups in total. The van der Waals surface area contributed by atoms with Crippen LogP contribution in [0.1, 0.15) is 22.5 Å². The first kappa shape index (κ1) is 14.8. The number of halogens is 1. The number of pyridine rings is 1. The van der Waals surface area contributed by atoms with E-state index in [2.05, 4.69) is 25.9 Å². The standard InChI is InChI=1S/C15H17ClN4S/c1-10-3-4-11(14(16)18-10)8-20-6-5-13-12(9-20)7-17-15(19-13)21-2/h3-4,7H,5-6,8-9H2,1-2H3. The lowest BCUT2D eigenvalue weighted by Crippen LogP contribution is -2.31. The highest BCUT2D eigenvalue weighted by Crippen LogP contribution is 2.22. The molecule has 0 atom stereocenters. The Morgan fingerprint density at radius 1 is 1.33 bits per heavy atom. The van der Waals surface area contributed by atoms with Crippen LogP contribution in [0.4, 0.5) is 0 Å². The number of fused-ring (bicyclic) bond motifs is 1. The van der Waals surface area contributed by atoms with Crippen LogP contribution >= 0.6 is 23.4 Å². The molecule has 2 aromatic heterocycles. The summed E-state index contributed by atoms with van der Waals surface area (Å²) in [5, 5.41) is 1.46. The van der Waals surface area contributed by atoms with Gasteiger partial charge in [-0.1, -0.05) is 29.4 Å². The zero-order valence-corrected chi connectivity index (χ0v) is 13.7. The van der Waals surface area contributed by atoms with Crippen molar-refractivity contribution in [2.75, 3.05) is 12.8 Å². The molecule has 0 amide bonds. The molecule has 1 aliphatic heterocycles. The molecule has 1 aliphatic rings. The molecule has 2 aromatic rings. The summed E-state index contributed by atoms with van der Waals surface area (Å²) in [5.74, 6) is 0. The summed E-state index contributed by atoms with van der Waals surface area (Å²) >= 11 is 7.81. The fourth-order valence-electron chi connectivity index (χ4n) is 2.50. The molecule has 0 aliphatic carbocycles. The van der Waals surface area contributed by atoms with Gasteiger partial charge in [0, 0.05) is 49.1 Å². The molecule has 6 heteroatoms. The van der Waals surface area contributed by atoms with Gasteiger partial charge in [0.1, 0.15) is 5.15 Å². The van der Waals surface area contributed by atoms with E-state index in [1.54, 1.807) is 11.8 Å². The van der Waals surface area contributed by atoms with Crippen molar-refractivity contribution in [2.24, 2.45) is 0 Å². The van der Waals surface area contributed by atoms with Gasteiger partial charge in [0.15, 0.2) is 5.16 Å². The van der Waals surface area contributed by atoms with Crippen molar-refractivity contribution in [1.29, 1.82) is 0 Å². The summed E-state index contributed by atoms with van der Waals surface area (Å²) in [6, 6.07) is 4.07. The van der Waals surface area contributed by atoms with Gasteiger partial charge in [-0.3, -0.25) is 4.90 Å². The maximum Gasteiger partial charge on any atom is 0.187 e. The Balaban J connectivity index is 1.74. The highest BCUT2D eigenvalue weighted by atomic mass is 35.5. The smallest absolute Gasteiger partial charge is 0.187 e. The van der Waals surface area contributed by atoms with Crippen LogP contribution in [-0.4, -0.2) is 32.7 Å². The molecular weight excluding hydrogens is 304 g/mol. The first-order valence-corrected chi connectivity index (χ1v) is 8.49. The maximum absolute atomic E-state index is 6.22. The average molecular weight is 321 g/mol. The predicted molar refractivity (Wildman–Crippen MR) is 85.6 cm³/mol. The lowest BCUT2D eigenvalue weighted by molar-refractivity contribution is 0.242. The second-order valence-electron chi connectivity index (χ2n) is 5.19. The average Bonchev–Trinajstić information content (AvgIpc) is 2.49. The van der Waals surface area contributed by atoms with Gasteiger partial charge in [-0.05, 0) is 19.2 Å². The van der Waals surface area contributed by atoms with Gasteiger partial charge in [-0.15, -0.1) is 0 Å². The first-order valence-electron chi connectivity index (χ1n) is 6.89. The number of aryl methyl sites for hydroxylation is 1. The van der Waals surface area contributed by atoms with Crippen LogP contribution in [0.2, 0.25) is 5.15 Å². The van der Waals surface area contributed by atoms with Crippen molar-refractivity contribution >= 4 is 23.4 Å². The van der Waals surface area contributed by atoms with Crippen LogP contribution < -0.4 is 0 Å². The van der Waals surface area contributed by atoms with E-state index < -0.39 is 0 Å². The number of hydrogen-bond acceptors (Lipinski definition) is 5. The summed E-state index contributed by atoms with van der Waals surface area (Å²) in [6.07, 6.45) is 4.92. The normalized spacial score (nSPS) is 15.0. The fourth-order valence-corrected chi connectivity index (χ4v) is 3.12. The number of hydrogen-bond donors (Lipinski definition) is 0. The minimum atomic E-state index is 0.606. The summed E-state index contributed by atoms with van der Waals surface area (Å²) in [7, 11) is 0. The van der Waals surface area contributed by atoms with Crippen LogP contribution in [0.5, 0.6) is 0 Å². The Morgan fingerprint density at radius 2 is 2.19 bits per heavy atom. The number of nitrogens with zero attached hydrogens (tertiary/aromatic N) is 4. The van der Waals surface area contributed by atoms with Gasteiger partial charge < -0.3 is 0 Å². The zero-order chi connectivity index (χ0) is 14.8. The quantitative estimate of drug-likeness (QED) is 0.494. The number of thioether (sulfide) groups is 1. The van der Waals surface area contributed by atoms with E-state index in [9.17, 15) is 0 Å². The van der Waals surface area contributed by atoms with Crippen LogP contribution in [-0.2, 0) is 19.5 Å². The minimum absolute atomic E-state index is 0.606. The largest absolute Gasteiger partial charge is 0.294 e. The molecule has 0 saturated heterocycles. The van der Waals surface area contributed by atoms with E-state index in [4.69, 9.17) is 11.6 Å². The van der Waals surface area contributed by atoms with E-state index in [-0.39, 0.29) is 0 Å². The van der Waals surface area contributed by atoms with Crippen LogP contribution in [0.3, 0.4) is 0 Å². The highest BCUT2D eigenvalue weighted by molar-refractivity contribution is 7.98. The van der Waals surface area contributed by atoms with E-state index in [1.807, 2.05) is 25.4 Å². The first-order chi connectivity index (χ1) is 10.2. The highest BCUT2D eigenvalue weighted by Gasteiger charge is 2.19. The molecule has 21 heavy (non-hydrogen) atoms. The molecule has 0 radical (unpaired) electrons. The van der Waals surface area contributed by atoms with Crippen LogP contribution in [0.25, 0.3) is 0 Å². The maximum atomic E-state index is 6.22. The van der Waals surface area contributed by atoms with E-state index in [1.165, 1.54) is 11.3 Å².